The Bertz CT molecular complexity index is 2200. The van der Waals surface area contributed by atoms with E-state index in [2.05, 4.69) is 42.2 Å². The normalized spacial score (nSPS) is 28.5. The van der Waals surface area contributed by atoms with Gasteiger partial charge in [0.15, 0.2) is 0 Å². The maximum Gasteiger partial charge on any atom is 0.246 e. The van der Waals surface area contributed by atoms with E-state index in [-0.39, 0.29) is 27.2 Å². The highest BCUT2D eigenvalue weighted by molar-refractivity contribution is 7.85. The lowest BCUT2D eigenvalue weighted by Crippen LogP contribution is -2.62. The van der Waals surface area contributed by atoms with Crippen molar-refractivity contribution in [2.45, 2.75) is 99.9 Å². The summed E-state index contributed by atoms with van der Waals surface area (Å²) in [6.45, 7) is 1.76. The van der Waals surface area contributed by atoms with Gasteiger partial charge in [0.25, 0.3) is 0 Å². The van der Waals surface area contributed by atoms with Gasteiger partial charge in [-0.1, -0.05) is 27.2 Å². The van der Waals surface area contributed by atoms with Crippen molar-refractivity contribution in [1.29, 1.82) is 0 Å². The van der Waals surface area contributed by atoms with Crippen LogP contribution in [0, 0.1) is 11.8 Å². The predicted octanol–water partition coefficient (Wildman–Crippen LogP) is -5.92. The molecule has 3 aliphatic rings. The van der Waals surface area contributed by atoms with Crippen molar-refractivity contribution in [1.82, 2.24) is 47.1 Å². The third-order valence-corrected chi connectivity index (χ3v) is 13.0. The number of phenols is 1. The minimum atomic E-state index is -2.38. The molecule has 350 valence electrons. The van der Waals surface area contributed by atoms with E-state index < -0.39 is 176 Å². The number of phenolic OH excluding ortho intramolecular Hbond substituents is 1. The lowest BCUT2D eigenvalue weighted by molar-refractivity contribution is -0.144. The fourth-order valence-corrected chi connectivity index (χ4v) is 9.10. The molecule has 0 radical (unpaired) electrons. The highest BCUT2D eigenvalue weighted by Gasteiger charge is 2.45. The second-order valence-corrected chi connectivity index (χ2v) is 17.6. The molecule has 1 aromatic heterocycles. The molecule has 14 N–H and O–H groups in total. The second kappa shape index (κ2) is 21.0. The van der Waals surface area contributed by atoms with Gasteiger partial charge in [-0.3, -0.25) is 47.4 Å². The number of primary amides is 1. The third-order valence-electron chi connectivity index (χ3n) is 11.5. The Kier molecular flexibility index (Phi) is 16.0. The van der Waals surface area contributed by atoms with Gasteiger partial charge >= 0.3 is 0 Å². The van der Waals surface area contributed by atoms with Crippen LogP contribution in [0.3, 0.4) is 0 Å². The minimum absolute atomic E-state index is 0.0800. The van der Waals surface area contributed by atoms with E-state index in [0.29, 0.717) is 6.42 Å². The number of carbonyl (C=O) groups excluding carboxylic acids is 9. The van der Waals surface area contributed by atoms with Crippen molar-refractivity contribution in [3.8, 4) is 5.75 Å². The predicted molar refractivity (Wildman–Crippen MR) is 222 cm³/mol. The van der Waals surface area contributed by atoms with Gasteiger partial charge in [-0.2, -0.15) is 0 Å². The number of aliphatic hydroxyl groups excluding tert-OH is 3. The summed E-state index contributed by atoms with van der Waals surface area (Å²) < 4.78 is 14.6. The van der Waals surface area contributed by atoms with E-state index in [1.165, 1.54) is 25.1 Å². The molecule has 24 nitrogen and oxygen atoms in total. The number of benzene rings is 1. The summed E-state index contributed by atoms with van der Waals surface area (Å²) in [6.07, 6.45) is -4.42. The van der Waals surface area contributed by atoms with Crippen molar-refractivity contribution in [2.24, 2.45) is 17.6 Å². The Morgan fingerprint density at radius 2 is 1.55 bits per heavy atom. The van der Waals surface area contributed by atoms with Crippen molar-refractivity contribution in [2.75, 3.05) is 32.0 Å². The smallest absolute Gasteiger partial charge is 0.246 e. The summed E-state index contributed by atoms with van der Waals surface area (Å²) in [5, 5.41) is 58.8. The first-order valence-electron chi connectivity index (χ1n) is 20.6. The van der Waals surface area contributed by atoms with Crippen LogP contribution < -0.4 is 43.0 Å². The molecular formula is C39H54N10O14S. The number of rotatable bonds is 7. The molecule has 0 spiro atoms. The monoisotopic (exact) mass is 918 g/mol. The van der Waals surface area contributed by atoms with E-state index in [9.17, 15) is 67.8 Å². The fraction of sp³-hybridized carbons (Fsp3) is 0.564. The number of hydrogen-bond donors (Lipinski definition) is 13. The van der Waals surface area contributed by atoms with Crippen LogP contribution in [0.25, 0.3) is 10.9 Å². The first-order valence-corrected chi connectivity index (χ1v) is 21.9. The van der Waals surface area contributed by atoms with Crippen LogP contribution in [-0.4, -0.2) is 168 Å². The van der Waals surface area contributed by atoms with E-state index in [4.69, 9.17) is 5.73 Å². The molecule has 0 saturated carbocycles. The van der Waals surface area contributed by atoms with Gasteiger partial charge in [-0.25, -0.2) is 0 Å². The van der Waals surface area contributed by atoms with Gasteiger partial charge in [0.2, 0.25) is 53.2 Å². The summed E-state index contributed by atoms with van der Waals surface area (Å²) in [4.78, 5) is 127. The van der Waals surface area contributed by atoms with Crippen LogP contribution in [0.4, 0.5) is 0 Å². The number of aromatic hydroxyl groups is 1. The van der Waals surface area contributed by atoms with Crippen LogP contribution >= 0.6 is 0 Å². The zero-order valence-electron chi connectivity index (χ0n) is 35.2. The number of fused-ring (bicyclic) bond motifs is 5. The van der Waals surface area contributed by atoms with Crippen molar-refractivity contribution in [3.63, 3.8) is 0 Å². The van der Waals surface area contributed by atoms with Crippen molar-refractivity contribution >= 4 is 74.9 Å². The molecule has 0 aliphatic carbocycles. The lowest BCUT2D eigenvalue weighted by Gasteiger charge is -2.32. The molecule has 1 fully saturated rings. The van der Waals surface area contributed by atoms with Gasteiger partial charge in [-0.15, -0.1) is 0 Å². The number of amides is 9. The van der Waals surface area contributed by atoms with Gasteiger partial charge in [0, 0.05) is 36.8 Å². The van der Waals surface area contributed by atoms with E-state index >= 15 is 0 Å². The van der Waals surface area contributed by atoms with Gasteiger partial charge in [0.1, 0.15) is 47.0 Å². The van der Waals surface area contributed by atoms with Crippen LogP contribution in [0.2, 0.25) is 0 Å². The standard InChI is InChI=1S/C39H54N10O14S/c1-4-16(2)31-36(60)42-11-29(55)43-25-15-64(63)38-21(20-6-5-18(51)7-22(20)46-38)9-23(33(57)41-12-30(56)47-31)44-37(61)32(17(3)27(53)14-50)48-35(59)26-8-19(52)13-49(26)39(62)24(10-28(40)54)45-34(25)58/h5-7,16-17,19,23-27,31-32,46,50-53H,4,8-15H2,1-3H3,(H2,40,54)(H,41,57)(H,42,60)(H,43,55)(H,44,61)(H,45,58)(H,47,56)(H,48,59)/t16?,17-,19?,23?,24-,25-,26-,27-,31?,32?,64+/m0/s1. The molecule has 1 saturated heterocycles. The number of H-pyrrole nitrogens is 1. The molecule has 5 rings (SSSR count). The number of nitrogens with two attached hydrogens (primary N) is 1. The summed E-state index contributed by atoms with van der Waals surface area (Å²) in [5.41, 5.74) is 5.73. The molecule has 64 heavy (non-hydrogen) atoms. The fourth-order valence-electron chi connectivity index (χ4n) is 7.70. The van der Waals surface area contributed by atoms with Crippen molar-refractivity contribution in [3.05, 3.63) is 23.8 Å². The first kappa shape index (κ1) is 48.8. The first-order chi connectivity index (χ1) is 30.2. The van der Waals surface area contributed by atoms with Crippen LogP contribution in [-0.2, 0) is 60.4 Å². The Morgan fingerprint density at radius 1 is 0.875 bits per heavy atom. The highest BCUT2D eigenvalue weighted by Crippen LogP contribution is 2.30. The summed E-state index contributed by atoms with van der Waals surface area (Å²) in [7, 11) is -2.38. The average molecular weight is 919 g/mol. The van der Waals surface area contributed by atoms with Gasteiger partial charge in [0.05, 0.1) is 60.4 Å². The molecule has 1 aromatic carbocycles. The summed E-state index contributed by atoms with van der Waals surface area (Å²) in [6, 6.07) is -5.99. The quantitative estimate of drug-likeness (QED) is 0.123. The minimum Gasteiger partial charge on any atom is -0.508 e. The number of nitrogens with zero attached hydrogens (tertiary/aromatic N) is 1. The molecule has 25 heteroatoms. The van der Waals surface area contributed by atoms with Crippen molar-refractivity contribution < 1.29 is 67.8 Å². The number of aliphatic hydroxyl groups is 3. The third kappa shape index (κ3) is 11.5. The number of carbonyl (C=O) groups is 9. The summed E-state index contributed by atoms with van der Waals surface area (Å²) >= 11 is 0. The molecule has 3 aliphatic heterocycles. The zero-order chi connectivity index (χ0) is 47.2. The molecule has 2 aromatic rings. The summed E-state index contributed by atoms with van der Waals surface area (Å²) in [5.74, 6) is -12.1. The van der Waals surface area contributed by atoms with Crippen LogP contribution in [0.1, 0.15) is 45.6 Å². The van der Waals surface area contributed by atoms with Crippen LogP contribution in [0.15, 0.2) is 23.2 Å². The second-order valence-electron chi connectivity index (χ2n) is 16.1. The number of aromatic amines is 1. The highest BCUT2D eigenvalue weighted by atomic mass is 32.2. The Balaban J connectivity index is 1.73. The Morgan fingerprint density at radius 3 is 2.20 bits per heavy atom. The Hall–Kier alpha value is -6.18. The molecule has 2 bridgehead atoms. The molecule has 5 unspecified atom stereocenters. The maximum absolute atomic E-state index is 14.6. The van der Waals surface area contributed by atoms with E-state index in [1.54, 1.807) is 13.8 Å². The SMILES string of the molecule is CCC(C)C1NC(=O)CNC(=O)C2Cc3c([nH]c4cc(O)ccc34)[S@](=O)C[C@H](NC(=O)CNC1=O)C(=O)N[C@@H](CC(N)=O)C(=O)N1CC(O)C[C@H]1C(=O)NC([C@@H](C)[C@@H](O)CO)C(=O)N2. The molecule has 9 amide bonds. The molecule has 11 atom stereocenters. The van der Waals surface area contributed by atoms with E-state index in [1.807, 2.05) is 0 Å². The lowest BCUT2D eigenvalue weighted by atomic mass is 9.93. The molecular weight excluding hydrogens is 865 g/mol. The van der Waals surface area contributed by atoms with E-state index in [0.717, 1.165) is 4.90 Å². The number of aromatic nitrogens is 1. The topological polar surface area (TPSA) is 381 Å². The number of nitrogens with one attached hydrogen (secondary N) is 8. The number of hydrogen-bond acceptors (Lipinski definition) is 14. The molecule has 4 heterocycles. The van der Waals surface area contributed by atoms with Gasteiger partial charge < -0.3 is 73.3 Å². The average Bonchev–Trinajstić information content (AvgIpc) is 3.82. The maximum atomic E-state index is 14.6. The zero-order valence-corrected chi connectivity index (χ0v) is 36.0. The Labute approximate surface area is 368 Å². The van der Waals surface area contributed by atoms with Crippen LogP contribution in [0.5, 0.6) is 5.75 Å². The largest absolute Gasteiger partial charge is 0.508 e. The van der Waals surface area contributed by atoms with Gasteiger partial charge in [-0.05, 0) is 23.6 Å².